The summed E-state index contributed by atoms with van der Waals surface area (Å²) in [4.78, 5) is 0. The Morgan fingerprint density at radius 1 is 1.57 bits per heavy atom. The van der Waals surface area contributed by atoms with Gasteiger partial charge in [-0.05, 0) is 19.1 Å². The van der Waals surface area contributed by atoms with Crippen LogP contribution in [0.1, 0.15) is 37.4 Å². The molecule has 0 amide bonds. The smallest absolute Gasteiger partial charge is 0.209 e. The van der Waals surface area contributed by atoms with Gasteiger partial charge in [-0.1, -0.05) is 12.8 Å². The standard InChI is InChI=1S/C10H16N2OS/c1-14-7-8-6-10(13)12(11-8)9-4-2-3-5-9/h6,9,13H,2-5,7H2,1H3. The summed E-state index contributed by atoms with van der Waals surface area (Å²) in [6.45, 7) is 0. The first-order chi connectivity index (χ1) is 6.81. The predicted octanol–water partition coefficient (Wildman–Crippen LogP) is 2.57. The maximum atomic E-state index is 9.71. The lowest BCUT2D eigenvalue weighted by atomic mass is 10.3. The minimum atomic E-state index is 0.334. The second-order valence-corrected chi connectivity index (χ2v) is 4.68. The largest absolute Gasteiger partial charge is 0.493 e. The number of hydrogen-bond donors (Lipinski definition) is 1. The van der Waals surface area contributed by atoms with Gasteiger partial charge in [0, 0.05) is 11.8 Å². The van der Waals surface area contributed by atoms with Crippen molar-refractivity contribution in [2.45, 2.75) is 37.5 Å². The molecule has 2 rings (SSSR count). The maximum Gasteiger partial charge on any atom is 0.209 e. The van der Waals surface area contributed by atoms with Gasteiger partial charge in [0.1, 0.15) is 0 Å². The van der Waals surface area contributed by atoms with Crippen LogP contribution in [-0.2, 0) is 5.75 Å². The van der Waals surface area contributed by atoms with E-state index in [0.29, 0.717) is 11.9 Å². The van der Waals surface area contributed by atoms with E-state index in [1.165, 1.54) is 12.8 Å². The normalized spacial score (nSPS) is 17.8. The lowest BCUT2D eigenvalue weighted by molar-refractivity contribution is 0.356. The second kappa shape index (κ2) is 4.26. The zero-order valence-corrected chi connectivity index (χ0v) is 9.26. The van der Waals surface area contributed by atoms with Crippen LogP contribution in [-0.4, -0.2) is 21.1 Å². The topological polar surface area (TPSA) is 38.0 Å². The van der Waals surface area contributed by atoms with Gasteiger partial charge in [-0.15, -0.1) is 0 Å². The van der Waals surface area contributed by atoms with Gasteiger partial charge in [0.15, 0.2) is 0 Å². The highest BCUT2D eigenvalue weighted by molar-refractivity contribution is 7.97. The van der Waals surface area contributed by atoms with Crippen molar-refractivity contribution in [1.29, 1.82) is 0 Å². The molecule has 1 aromatic rings. The molecular formula is C10H16N2OS. The van der Waals surface area contributed by atoms with Crippen molar-refractivity contribution in [2.24, 2.45) is 0 Å². The monoisotopic (exact) mass is 212 g/mol. The fourth-order valence-electron chi connectivity index (χ4n) is 2.07. The van der Waals surface area contributed by atoms with Gasteiger partial charge in [0.25, 0.3) is 0 Å². The second-order valence-electron chi connectivity index (χ2n) is 3.81. The summed E-state index contributed by atoms with van der Waals surface area (Å²) < 4.78 is 1.80. The molecule has 1 aliphatic rings. The van der Waals surface area contributed by atoms with E-state index in [0.717, 1.165) is 24.3 Å². The first-order valence-electron chi connectivity index (χ1n) is 5.07. The van der Waals surface area contributed by atoms with E-state index in [-0.39, 0.29) is 0 Å². The molecule has 1 fully saturated rings. The number of thioether (sulfide) groups is 1. The van der Waals surface area contributed by atoms with Crippen LogP contribution in [0.5, 0.6) is 5.88 Å². The van der Waals surface area contributed by atoms with Gasteiger partial charge in [0.05, 0.1) is 11.7 Å². The molecule has 0 aliphatic heterocycles. The third-order valence-electron chi connectivity index (χ3n) is 2.73. The first-order valence-corrected chi connectivity index (χ1v) is 6.47. The van der Waals surface area contributed by atoms with E-state index >= 15 is 0 Å². The molecule has 14 heavy (non-hydrogen) atoms. The molecule has 0 atom stereocenters. The van der Waals surface area contributed by atoms with E-state index in [1.807, 2.05) is 6.26 Å². The highest BCUT2D eigenvalue weighted by Crippen LogP contribution is 2.32. The molecule has 1 N–H and O–H groups in total. The number of aromatic hydroxyl groups is 1. The minimum absolute atomic E-state index is 0.334. The van der Waals surface area contributed by atoms with Crippen molar-refractivity contribution < 1.29 is 5.11 Å². The summed E-state index contributed by atoms with van der Waals surface area (Å²) in [7, 11) is 0. The quantitative estimate of drug-likeness (QED) is 0.836. The summed E-state index contributed by atoms with van der Waals surface area (Å²) in [5.74, 6) is 1.22. The molecule has 1 saturated carbocycles. The third kappa shape index (κ3) is 1.90. The Labute approximate surface area is 88.5 Å². The van der Waals surface area contributed by atoms with Crippen LogP contribution in [0.4, 0.5) is 0 Å². The fourth-order valence-corrected chi connectivity index (χ4v) is 2.51. The third-order valence-corrected chi connectivity index (χ3v) is 3.31. The molecule has 1 aromatic heterocycles. The Kier molecular flexibility index (Phi) is 3.01. The van der Waals surface area contributed by atoms with E-state index < -0.39 is 0 Å². The molecule has 0 radical (unpaired) electrons. The molecule has 0 saturated heterocycles. The van der Waals surface area contributed by atoms with Gasteiger partial charge in [-0.3, -0.25) is 0 Å². The van der Waals surface area contributed by atoms with Crippen LogP contribution in [0.25, 0.3) is 0 Å². The number of rotatable bonds is 3. The van der Waals surface area contributed by atoms with Crippen LogP contribution < -0.4 is 0 Å². The van der Waals surface area contributed by atoms with Gasteiger partial charge in [0.2, 0.25) is 5.88 Å². The Morgan fingerprint density at radius 3 is 2.93 bits per heavy atom. The molecule has 0 unspecified atom stereocenters. The molecule has 0 spiro atoms. The average Bonchev–Trinajstić information content (AvgIpc) is 2.74. The highest BCUT2D eigenvalue weighted by atomic mass is 32.2. The van der Waals surface area contributed by atoms with Gasteiger partial charge < -0.3 is 5.11 Å². The van der Waals surface area contributed by atoms with E-state index in [9.17, 15) is 5.11 Å². The molecular weight excluding hydrogens is 196 g/mol. The van der Waals surface area contributed by atoms with E-state index in [1.54, 1.807) is 22.5 Å². The Bertz CT molecular complexity index is 305. The van der Waals surface area contributed by atoms with Crippen LogP contribution in [0, 0.1) is 0 Å². The molecule has 0 bridgehead atoms. The highest BCUT2D eigenvalue weighted by Gasteiger charge is 2.20. The predicted molar refractivity (Wildman–Crippen MR) is 58.6 cm³/mol. The Balaban J connectivity index is 2.15. The van der Waals surface area contributed by atoms with Crippen LogP contribution in [0.2, 0.25) is 0 Å². The number of nitrogens with zero attached hydrogens (tertiary/aromatic N) is 2. The summed E-state index contributed by atoms with van der Waals surface area (Å²) in [5, 5.41) is 14.1. The molecule has 4 heteroatoms. The lowest BCUT2D eigenvalue weighted by Gasteiger charge is -2.10. The summed E-state index contributed by atoms with van der Waals surface area (Å²) in [6, 6.07) is 2.22. The van der Waals surface area contributed by atoms with Crippen LogP contribution in [0.3, 0.4) is 0 Å². The van der Waals surface area contributed by atoms with E-state index in [4.69, 9.17) is 0 Å². The van der Waals surface area contributed by atoms with Crippen LogP contribution >= 0.6 is 11.8 Å². The number of aromatic nitrogens is 2. The Hall–Kier alpha value is -0.640. The van der Waals surface area contributed by atoms with Crippen molar-refractivity contribution in [3.05, 3.63) is 11.8 Å². The molecule has 78 valence electrons. The molecule has 1 heterocycles. The van der Waals surface area contributed by atoms with Gasteiger partial charge >= 0.3 is 0 Å². The van der Waals surface area contributed by atoms with Crippen molar-refractivity contribution in [3.8, 4) is 5.88 Å². The van der Waals surface area contributed by atoms with Gasteiger partial charge in [-0.25, -0.2) is 4.68 Å². The number of hydrogen-bond acceptors (Lipinski definition) is 3. The average molecular weight is 212 g/mol. The van der Waals surface area contributed by atoms with Crippen molar-refractivity contribution >= 4 is 11.8 Å². The van der Waals surface area contributed by atoms with Gasteiger partial charge in [-0.2, -0.15) is 16.9 Å². The summed E-state index contributed by atoms with van der Waals surface area (Å²) in [6.07, 6.45) is 6.90. The fraction of sp³-hybridized carbons (Fsp3) is 0.700. The first kappa shape index (κ1) is 9.90. The minimum Gasteiger partial charge on any atom is -0.493 e. The zero-order valence-electron chi connectivity index (χ0n) is 8.44. The Morgan fingerprint density at radius 2 is 2.29 bits per heavy atom. The van der Waals surface area contributed by atoms with Crippen molar-refractivity contribution in [2.75, 3.05) is 6.26 Å². The summed E-state index contributed by atoms with van der Waals surface area (Å²) in [5.41, 5.74) is 0.988. The van der Waals surface area contributed by atoms with Crippen molar-refractivity contribution in [3.63, 3.8) is 0 Å². The molecule has 1 aliphatic carbocycles. The molecule has 3 nitrogen and oxygen atoms in total. The maximum absolute atomic E-state index is 9.71. The lowest BCUT2D eigenvalue weighted by Crippen LogP contribution is -2.06. The SMILES string of the molecule is CSCc1cc(O)n(C2CCCC2)n1. The van der Waals surface area contributed by atoms with Crippen LogP contribution in [0.15, 0.2) is 6.07 Å². The van der Waals surface area contributed by atoms with Crippen molar-refractivity contribution in [1.82, 2.24) is 9.78 Å². The summed E-state index contributed by atoms with van der Waals surface area (Å²) >= 11 is 1.73. The van der Waals surface area contributed by atoms with E-state index in [2.05, 4.69) is 5.10 Å². The zero-order chi connectivity index (χ0) is 9.97. The molecule has 0 aromatic carbocycles.